The van der Waals surface area contributed by atoms with Gasteiger partial charge in [-0.25, -0.2) is 4.98 Å². The number of hydrogen-bond acceptors (Lipinski definition) is 4. The number of alkyl halides is 3. The lowest BCUT2D eigenvalue weighted by Crippen LogP contribution is -2.30. The minimum atomic E-state index is -4.48. The SMILES string of the molecule is CCCC(C)N(C)c1cc(C(F)(F)F)nc(NCC)n1. The van der Waals surface area contributed by atoms with Gasteiger partial charge in [0.05, 0.1) is 0 Å². The van der Waals surface area contributed by atoms with Crippen LogP contribution in [0.5, 0.6) is 0 Å². The number of anilines is 2. The van der Waals surface area contributed by atoms with E-state index in [1.54, 1.807) is 18.9 Å². The van der Waals surface area contributed by atoms with Gasteiger partial charge in [0.1, 0.15) is 5.82 Å². The smallest absolute Gasteiger partial charge is 0.357 e. The zero-order chi connectivity index (χ0) is 15.3. The van der Waals surface area contributed by atoms with Crippen molar-refractivity contribution in [2.24, 2.45) is 0 Å². The van der Waals surface area contributed by atoms with Gasteiger partial charge in [0, 0.05) is 25.7 Å². The molecule has 1 atom stereocenters. The van der Waals surface area contributed by atoms with Crippen molar-refractivity contribution in [2.75, 3.05) is 23.8 Å². The molecule has 0 saturated carbocycles. The molecular formula is C13H21F3N4. The summed E-state index contributed by atoms with van der Waals surface area (Å²) in [5, 5.41) is 2.74. The second kappa shape index (κ2) is 6.76. The van der Waals surface area contributed by atoms with E-state index in [0.29, 0.717) is 6.54 Å². The molecule has 114 valence electrons. The fraction of sp³-hybridized carbons (Fsp3) is 0.692. The van der Waals surface area contributed by atoms with Gasteiger partial charge in [0.2, 0.25) is 5.95 Å². The Morgan fingerprint density at radius 2 is 1.95 bits per heavy atom. The number of nitrogens with zero attached hydrogens (tertiary/aromatic N) is 3. The van der Waals surface area contributed by atoms with Gasteiger partial charge < -0.3 is 10.2 Å². The Morgan fingerprint density at radius 3 is 2.45 bits per heavy atom. The second-order valence-corrected chi connectivity index (χ2v) is 4.71. The van der Waals surface area contributed by atoms with Crippen LogP contribution in [0.1, 0.15) is 39.3 Å². The van der Waals surface area contributed by atoms with E-state index in [9.17, 15) is 13.2 Å². The van der Waals surface area contributed by atoms with E-state index in [4.69, 9.17) is 0 Å². The summed E-state index contributed by atoms with van der Waals surface area (Å²) in [7, 11) is 1.75. The van der Waals surface area contributed by atoms with Crippen molar-refractivity contribution < 1.29 is 13.2 Å². The van der Waals surface area contributed by atoms with Gasteiger partial charge in [0.15, 0.2) is 5.69 Å². The van der Waals surface area contributed by atoms with Gasteiger partial charge in [-0.15, -0.1) is 0 Å². The normalized spacial score (nSPS) is 13.2. The van der Waals surface area contributed by atoms with Crippen LogP contribution in [-0.4, -0.2) is 29.6 Å². The Morgan fingerprint density at radius 1 is 1.30 bits per heavy atom. The van der Waals surface area contributed by atoms with Crippen molar-refractivity contribution in [3.8, 4) is 0 Å². The zero-order valence-corrected chi connectivity index (χ0v) is 12.3. The quantitative estimate of drug-likeness (QED) is 0.870. The molecule has 0 spiro atoms. The Kier molecular flexibility index (Phi) is 5.59. The maximum absolute atomic E-state index is 12.9. The standard InChI is InChI=1S/C13H21F3N4/c1-5-7-9(3)20(4)11-8-10(13(14,15)16)18-12(19-11)17-6-2/h8-9H,5-7H2,1-4H3,(H,17,18,19). The molecule has 1 N–H and O–H groups in total. The average molecular weight is 290 g/mol. The molecule has 0 saturated heterocycles. The first-order chi connectivity index (χ1) is 9.29. The van der Waals surface area contributed by atoms with Crippen molar-refractivity contribution in [3.63, 3.8) is 0 Å². The van der Waals surface area contributed by atoms with Crippen LogP contribution in [0.15, 0.2) is 6.07 Å². The van der Waals surface area contributed by atoms with Crippen LogP contribution in [0.3, 0.4) is 0 Å². The van der Waals surface area contributed by atoms with Gasteiger partial charge in [-0.05, 0) is 20.3 Å². The monoisotopic (exact) mass is 290 g/mol. The van der Waals surface area contributed by atoms with Crippen molar-refractivity contribution in [1.29, 1.82) is 0 Å². The molecule has 0 bridgehead atoms. The molecule has 4 nitrogen and oxygen atoms in total. The lowest BCUT2D eigenvalue weighted by molar-refractivity contribution is -0.141. The number of nitrogens with one attached hydrogen (secondary N) is 1. The van der Waals surface area contributed by atoms with Crippen LogP contribution >= 0.6 is 0 Å². The largest absolute Gasteiger partial charge is 0.433 e. The average Bonchev–Trinajstić information content (AvgIpc) is 2.37. The minimum absolute atomic E-state index is 0.00729. The van der Waals surface area contributed by atoms with E-state index in [0.717, 1.165) is 18.9 Å². The molecule has 1 heterocycles. The Balaban J connectivity index is 3.14. The molecule has 1 rings (SSSR count). The molecule has 7 heteroatoms. The molecule has 0 aliphatic heterocycles. The van der Waals surface area contributed by atoms with Crippen LogP contribution in [0.4, 0.5) is 24.9 Å². The highest BCUT2D eigenvalue weighted by molar-refractivity contribution is 5.45. The highest BCUT2D eigenvalue weighted by Gasteiger charge is 2.34. The minimum Gasteiger partial charge on any atom is -0.357 e. The molecule has 0 aliphatic rings. The van der Waals surface area contributed by atoms with Crippen LogP contribution in [0, 0.1) is 0 Å². The van der Waals surface area contributed by atoms with E-state index in [1.165, 1.54) is 0 Å². The van der Waals surface area contributed by atoms with Crippen LogP contribution in [-0.2, 0) is 6.18 Å². The molecule has 0 aliphatic carbocycles. The molecule has 0 aromatic carbocycles. The highest BCUT2D eigenvalue weighted by atomic mass is 19.4. The number of halogens is 3. The first-order valence-electron chi connectivity index (χ1n) is 6.72. The molecular weight excluding hydrogens is 269 g/mol. The van der Waals surface area contributed by atoms with E-state index in [2.05, 4.69) is 15.3 Å². The summed E-state index contributed by atoms with van der Waals surface area (Å²) in [5.74, 6) is 0.289. The van der Waals surface area contributed by atoms with E-state index in [1.807, 2.05) is 13.8 Å². The first-order valence-corrected chi connectivity index (χ1v) is 6.72. The number of hydrogen-bond donors (Lipinski definition) is 1. The van der Waals surface area contributed by atoms with Gasteiger partial charge in [-0.2, -0.15) is 18.2 Å². The summed E-state index contributed by atoms with van der Waals surface area (Å²) < 4.78 is 38.6. The number of aromatic nitrogens is 2. The van der Waals surface area contributed by atoms with Crippen molar-refractivity contribution >= 4 is 11.8 Å². The molecule has 1 aromatic heterocycles. The summed E-state index contributed by atoms with van der Waals surface area (Å²) in [6.45, 7) is 6.25. The Labute approximate surface area is 117 Å². The maximum Gasteiger partial charge on any atom is 0.433 e. The third-order valence-corrected chi connectivity index (χ3v) is 3.07. The second-order valence-electron chi connectivity index (χ2n) is 4.71. The molecule has 0 amide bonds. The van der Waals surface area contributed by atoms with Gasteiger partial charge in [-0.1, -0.05) is 13.3 Å². The summed E-state index contributed by atoms with van der Waals surface area (Å²) in [6.07, 6.45) is -2.63. The van der Waals surface area contributed by atoms with Crippen LogP contribution in [0.2, 0.25) is 0 Å². The fourth-order valence-electron chi connectivity index (χ4n) is 1.83. The zero-order valence-electron chi connectivity index (χ0n) is 12.3. The molecule has 20 heavy (non-hydrogen) atoms. The lowest BCUT2D eigenvalue weighted by Gasteiger charge is -2.26. The first kappa shape index (κ1) is 16.5. The van der Waals surface area contributed by atoms with E-state index >= 15 is 0 Å². The summed E-state index contributed by atoms with van der Waals surface area (Å²) in [5.41, 5.74) is -0.922. The summed E-state index contributed by atoms with van der Waals surface area (Å²) in [6, 6.07) is 1.11. The van der Waals surface area contributed by atoms with Crippen LogP contribution < -0.4 is 10.2 Å². The van der Waals surface area contributed by atoms with Gasteiger partial charge in [-0.3, -0.25) is 0 Å². The molecule has 0 fully saturated rings. The van der Waals surface area contributed by atoms with E-state index in [-0.39, 0.29) is 17.8 Å². The van der Waals surface area contributed by atoms with Crippen molar-refractivity contribution in [3.05, 3.63) is 11.8 Å². The molecule has 1 aromatic rings. The molecule has 1 unspecified atom stereocenters. The predicted molar refractivity (Wildman–Crippen MR) is 74.0 cm³/mol. The summed E-state index contributed by atoms with van der Waals surface area (Å²) in [4.78, 5) is 9.40. The van der Waals surface area contributed by atoms with Crippen LogP contribution in [0.25, 0.3) is 0 Å². The topological polar surface area (TPSA) is 41.1 Å². The molecule has 0 radical (unpaired) electrons. The summed E-state index contributed by atoms with van der Waals surface area (Å²) >= 11 is 0. The third kappa shape index (κ3) is 4.25. The Hall–Kier alpha value is -1.53. The lowest BCUT2D eigenvalue weighted by atomic mass is 10.2. The maximum atomic E-state index is 12.9. The van der Waals surface area contributed by atoms with Crippen molar-refractivity contribution in [2.45, 2.75) is 45.8 Å². The highest BCUT2D eigenvalue weighted by Crippen LogP contribution is 2.30. The van der Waals surface area contributed by atoms with Crippen molar-refractivity contribution in [1.82, 2.24) is 9.97 Å². The van der Waals surface area contributed by atoms with E-state index < -0.39 is 11.9 Å². The Bertz CT molecular complexity index is 434. The fourth-order valence-corrected chi connectivity index (χ4v) is 1.83. The number of rotatable bonds is 6. The third-order valence-electron chi connectivity index (χ3n) is 3.07. The van der Waals surface area contributed by atoms with Gasteiger partial charge in [0.25, 0.3) is 0 Å². The van der Waals surface area contributed by atoms with Gasteiger partial charge >= 0.3 is 6.18 Å². The predicted octanol–water partition coefficient (Wildman–Crippen LogP) is 3.55.